The van der Waals surface area contributed by atoms with Gasteiger partial charge in [-0.25, -0.2) is 4.79 Å². The summed E-state index contributed by atoms with van der Waals surface area (Å²) in [5.41, 5.74) is -0.178. The number of rotatable bonds is 10. The third-order valence-corrected chi connectivity index (χ3v) is 3.13. The highest BCUT2D eigenvalue weighted by atomic mass is 16.4. The molecule has 0 saturated heterocycles. The van der Waals surface area contributed by atoms with Crippen molar-refractivity contribution in [1.29, 1.82) is 0 Å². The van der Waals surface area contributed by atoms with E-state index in [-0.39, 0.29) is 18.4 Å². The van der Waals surface area contributed by atoms with E-state index < -0.39 is 23.7 Å². The van der Waals surface area contributed by atoms with Crippen LogP contribution in [-0.4, -0.2) is 23.0 Å². The molecule has 0 aliphatic carbocycles. The van der Waals surface area contributed by atoms with Crippen LogP contribution < -0.4 is 15.3 Å². The van der Waals surface area contributed by atoms with Crippen molar-refractivity contribution in [2.75, 3.05) is 0 Å². The van der Waals surface area contributed by atoms with Gasteiger partial charge in [-0.05, 0) is 31.7 Å². The number of hydrogen-bond acceptors (Lipinski definition) is 6. The van der Waals surface area contributed by atoms with Gasteiger partial charge >= 0.3 is 5.97 Å². The summed E-state index contributed by atoms with van der Waals surface area (Å²) in [4.78, 5) is 30.3. The lowest BCUT2D eigenvalue weighted by molar-refractivity contribution is -0.307. The average Bonchev–Trinajstić information content (AvgIpc) is 2.50. The third-order valence-electron chi connectivity index (χ3n) is 3.13. The number of carboxylic acid groups (broad SMARTS) is 3. The van der Waals surface area contributed by atoms with Gasteiger partial charge < -0.3 is 30.0 Å². The lowest BCUT2D eigenvalue weighted by Gasteiger charge is -2.07. The van der Waals surface area contributed by atoms with Crippen molar-refractivity contribution in [2.45, 2.75) is 51.4 Å². The smallest absolute Gasteiger partial charge is 0.335 e. The van der Waals surface area contributed by atoms with Crippen molar-refractivity contribution in [1.82, 2.24) is 0 Å². The van der Waals surface area contributed by atoms with Crippen molar-refractivity contribution in [2.24, 2.45) is 0 Å². The fourth-order valence-electron chi connectivity index (χ4n) is 1.89. The van der Waals surface area contributed by atoms with Crippen LogP contribution in [0.5, 0.6) is 5.75 Å². The van der Waals surface area contributed by atoms with Gasteiger partial charge in [0.1, 0.15) is 0 Å². The molecule has 0 atom stereocenters. The molecule has 0 unspecified atom stereocenters. The molecule has 134 valence electrons. The molecule has 1 aromatic carbocycles. The Morgan fingerprint density at radius 3 is 1.54 bits per heavy atom. The van der Waals surface area contributed by atoms with Crippen molar-refractivity contribution < 1.29 is 34.8 Å². The van der Waals surface area contributed by atoms with Crippen LogP contribution in [0.25, 0.3) is 0 Å². The summed E-state index contributed by atoms with van der Waals surface area (Å²) in [6.07, 6.45) is 5.23. The summed E-state index contributed by atoms with van der Waals surface area (Å²) < 4.78 is 0. The van der Waals surface area contributed by atoms with Gasteiger partial charge in [0.25, 0.3) is 0 Å². The molecule has 1 aromatic rings. The lowest BCUT2D eigenvalue weighted by Crippen LogP contribution is -2.21. The molecule has 0 fully saturated rings. The summed E-state index contributed by atoms with van der Waals surface area (Å²) in [5.74, 6) is -3.62. The minimum Gasteiger partial charge on any atom is -0.872 e. The van der Waals surface area contributed by atoms with Crippen LogP contribution in [0.1, 0.15) is 61.7 Å². The predicted molar refractivity (Wildman–Crippen MR) is 79.8 cm³/mol. The Bertz CT molecular complexity index is 505. The molecular weight excluding hydrogens is 316 g/mol. The summed E-state index contributed by atoms with van der Waals surface area (Å²) in [5, 5.41) is 39.1. The van der Waals surface area contributed by atoms with Crippen LogP contribution in [0.2, 0.25) is 0 Å². The van der Waals surface area contributed by atoms with Crippen LogP contribution in [0.3, 0.4) is 0 Å². The van der Waals surface area contributed by atoms with E-state index in [1.807, 2.05) is 0 Å². The number of aromatic carboxylic acids is 1. The molecule has 0 radical (unpaired) electrons. The number of carbonyl (C=O) groups excluding carboxylic acids is 2. The lowest BCUT2D eigenvalue weighted by atomic mass is 10.1. The maximum Gasteiger partial charge on any atom is 0.335 e. The average molecular weight is 337 g/mol. The van der Waals surface area contributed by atoms with E-state index in [0.717, 1.165) is 25.7 Å². The molecular formula is C17H21O7-3. The number of unbranched alkanes of at least 4 members (excludes halogenated alkanes) is 5. The van der Waals surface area contributed by atoms with E-state index in [9.17, 15) is 29.7 Å². The zero-order chi connectivity index (χ0) is 18.4. The summed E-state index contributed by atoms with van der Waals surface area (Å²) in [7, 11) is 0. The summed E-state index contributed by atoms with van der Waals surface area (Å²) >= 11 is 0. The van der Waals surface area contributed by atoms with Gasteiger partial charge in [-0.15, -0.1) is 0 Å². The molecule has 7 nitrogen and oxygen atoms in total. The molecule has 7 heteroatoms. The fourth-order valence-corrected chi connectivity index (χ4v) is 1.89. The van der Waals surface area contributed by atoms with Gasteiger partial charge in [0, 0.05) is 11.9 Å². The zero-order valence-corrected chi connectivity index (χ0v) is 13.4. The Hall–Kier alpha value is -2.57. The van der Waals surface area contributed by atoms with E-state index in [2.05, 4.69) is 0 Å². The van der Waals surface area contributed by atoms with Crippen molar-refractivity contribution in [3.8, 4) is 5.75 Å². The van der Waals surface area contributed by atoms with Gasteiger partial charge in [-0.1, -0.05) is 49.6 Å². The minimum atomic E-state index is -1.18. The van der Waals surface area contributed by atoms with Gasteiger partial charge in [-0.2, -0.15) is 0 Å². The van der Waals surface area contributed by atoms with Crippen molar-refractivity contribution in [3.05, 3.63) is 29.8 Å². The number of benzene rings is 1. The zero-order valence-electron chi connectivity index (χ0n) is 13.4. The summed E-state index contributed by atoms with van der Waals surface area (Å²) in [6.45, 7) is 0. The van der Waals surface area contributed by atoms with Crippen LogP contribution in [0.15, 0.2) is 24.3 Å². The van der Waals surface area contributed by atoms with Crippen LogP contribution >= 0.6 is 0 Å². The highest BCUT2D eigenvalue weighted by molar-refractivity contribution is 5.90. The fraction of sp³-hybridized carbons (Fsp3) is 0.471. The molecule has 0 aliphatic heterocycles. The molecule has 24 heavy (non-hydrogen) atoms. The highest BCUT2D eigenvalue weighted by Crippen LogP contribution is 2.11. The third kappa shape index (κ3) is 12.0. The van der Waals surface area contributed by atoms with E-state index in [1.165, 1.54) is 24.3 Å². The van der Waals surface area contributed by atoms with Crippen LogP contribution in [0.4, 0.5) is 0 Å². The van der Waals surface area contributed by atoms with Gasteiger partial charge in [0.05, 0.1) is 5.56 Å². The monoisotopic (exact) mass is 337 g/mol. The largest absolute Gasteiger partial charge is 0.872 e. The van der Waals surface area contributed by atoms with Gasteiger partial charge in [-0.3, -0.25) is 0 Å². The molecule has 0 amide bonds. The number of aliphatic carboxylic acids is 2. The Labute approximate surface area is 140 Å². The number of hydrogen-bond donors (Lipinski definition) is 1. The number of carboxylic acids is 3. The summed E-state index contributed by atoms with van der Waals surface area (Å²) in [6, 6.07) is 5.54. The maximum absolute atomic E-state index is 10.7. The minimum absolute atomic E-state index is 0.124. The second-order valence-corrected chi connectivity index (χ2v) is 5.17. The van der Waals surface area contributed by atoms with E-state index in [1.54, 1.807) is 0 Å². The molecule has 0 aliphatic rings. The van der Waals surface area contributed by atoms with Crippen LogP contribution in [-0.2, 0) is 9.59 Å². The second kappa shape index (κ2) is 12.9. The molecule has 0 aromatic heterocycles. The number of carbonyl (C=O) groups is 3. The molecule has 0 saturated carbocycles. The predicted octanol–water partition coefficient (Wildman–Crippen LogP) is 0.0654. The highest BCUT2D eigenvalue weighted by Gasteiger charge is 1.99. The maximum atomic E-state index is 10.7. The van der Waals surface area contributed by atoms with Gasteiger partial charge in [0.15, 0.2) is 0 Å². The Kier molecular flexibility index (Phi) is 11.5. The molecule has 0 heterocycles. The second-order valence-electron chi connectivity index (χ2n) is 5.17. The Morgan fingerprint density at radius 2 is 1.21 bits per heavy atom. The van der Waals surface area contributed by atoms with E-state index >= 15 is 0 Å². The molecule has 1 rings (SSSR count). The quantitative estimate of drug-likeness (QED) is 0.595. The topological polar surface area (TPSA) is 141 Å². The molecule has 1 N–H and O–H groups in total. The van der Waals surface area contributed by atoms with Crippen molar-refractivity contribution >= 4 is 17.9 Å². The van der Waals surface area contributed by atoms with Crippen LogP contribution in [0, 0.1) is 0 Å². The molecule has 0 bridgehead atoms. The number of para-hydroxylation sites is 1. The first-order valence-corrected chi connectivity index (χ1v) is 7.73. The first-order valence-electron chi connectivity index (χ1n) is 7.73. The van der Waals surface area contributed by atoms with E-state index in [0.29, 0.717) is 12.8 Å². The standard InChI is InChI=1S/C10H18O4.C7H6O3/c11-9(12)7-5-3-1-2-4-6-8-10(13)14;8-6-4-2-1-3-5(6)7(9)10/h1-8H2,(H,11,12)(H,13,14);1-4,8H,(H,9,10)/p-3. The normalized spacial score (nSPS) is 9.67. The first-order chi connectivity index (χ1) is 11.3. The van der Waals surface area contributed by atoms with Crippen molar-refractivity contribution in [3.63, 3.8) is 0 Å². The first kappa shape index (κ1) is 21.4. The Morgan fingerprint density at radius 1 is 0.792 bits per heavy atom. The molecule has 0 spiro atoms. The van der Waals surface area contributed by atoms with Gasteiger partial charge in [0.2, 0.25) is 0 Å². The SMILES string of the molecule is O=C(O)c1ccccc1[O-].O=C([O-])CCCCCCCCC(=O)[O-]. The van der Waals surface area contributed by atoms with E-state index in [4.69, 9.17) is 5.11 Å². The Balaban J connectivity index is 0.000000463.